The fourth-order valence-electron chi connectivity index (χ4n) is 5.16. The van der Waals surface area contributed by atoms with Gasteiger partial charge in [-0.25, -0.2) is 9.13 Å². The number of pyridine rings is 2. The Kier molecular flexibility index (Phi) is 17.6. The van der Waals surface area contributed by atoms with Gasteiger partial charge in [0.05, 0.1) is 0 Å². The molecule has 2 unspecified atom stereocenters. The van der Waals surface area contributed by atoms with Crippen LogP contribution in [0.2, 0.25) is 0 Å². The van der Waals surface area contributed by atoms with Gasteiger partial charge < -0.3 is 10.6 Å². The molecule has 0 saturated carbocycles. The molecule has 0 bridgehead atoms. The van der Waals surface area contributed by atoms with Crippen LogP contribution in [-0.2, 0) is 13.1 Å². The highest BCUT2D eigenvalue weighted by Gasteiger charge is 2.08. The Morgan fingerprint density at radius 3 is 1.24 bits per heavy atom. The molecule has 0 aliphatic carbocycles. The highest BCUT2D eigenvalue weighted by atomic mass is 14.9. The number of aromatic nitrogens is 2. The zero-order valence-electron chi connectivity index (χ0n) is 25.4. The first kappa shape index (κ1) is 32.1. The molecule has 214 valence electrons. The summed E-state index contributed by atoms with van der Waals surface area (Å²) in [5, 5.41) is 7.28. The second-order valence-electron chi connectivity index (χ2n) is 11.4. The van der Waals surface area contributed by atoms with Gasteiger partial charge in [0.25, 0.3) is 0 Å². The van der Waals surface area contributed by atoms with Crippen LogP contribution in [0.3, 0.4) is 0 Å². The normalized spacial score (nSPS) is 12.8. The summed E-state index contributed by atoms with van der Waals surface area (Å²) in [6, 6.07) is 8.95. The summed E-state index contributed by atoms with van der Waals surface area (Å²) < 4.78 is 4.67. The van der Waals surface area contributed by atoms with E-state index in [0.29, 0.717) is 0 Å². The molecule has 0 aliphatic rings. The van der Waals surface area contributed by atoms with Crippen molar-refractivity contribution in [2.45, 2.75) is 131 Å². The smallest absolute Gasteiger partial charge is 0.170 e. The van der Waals surface area contributed by atoms with Crippen LogP contribution in [0, 0.1) is 11.8 Å². The van der Waals surface area contributed by atoms with Gasteiger partial charge in [-0.1, -0.05) is 79.1 Å². The number of nitrogens with one attached hydrogen (secondary N) is 2. The molecule has 2 atom stereocenters. The zero-order valence-corrected chi connectivity index (χ0v) is 25.4. The Morgan fingerprint density at radius 1 is 0.526 bits per heavy atom. The predicted octanol–water partition coefficient (Wildman–Crippen LogP) is 8.56. The van der Waals surface area contributed by atoms with Crippen molar-refractivity contribution in [1.29, 1.82) is 0 Å². The lowest BCUT2D eigenvalue weighted by atomic mass is 9.99. The third-order valence-electron chi connectivity index (χ3n) is 8.14. The van der Waals surface area contributed by atoms with Crippen LogP contribution in [0.1, 0.15) is 118 Å². The molecule has 0 spiro atoms. The van der Waals surface area contributed by atoms with Gasteiger partial charge in [0, 0.05) is 61.6 Å². The fraction of sp³-hybridized carbons (Fsp3) is 0.706. The van der Waals surface area contributed by atoms with Crippen LogP contribution in [0.4, 0.5) is 11.4 Å². The lowest BCUT2D eigenvalue weighted by Gasteiger charge is -2.15. The highest BCUT2D eigenvalue weighted by molar-refractivity contribution is 5.40. The van der Waals surface area contributed by atoms with Crippen molar-refractivity contribution in [3.63, 3.8) is 0 Å². The van der Waals surface area contributed by atoms with E-state index in [1.807, 2.05) is 0 Å². The first-order chi connectivity index (χ1) is 18.7. The van der Waals surface area contributed by atoms with Crippen LogP contribution in [0.5, 0.6) is 0 Å². The Balaban J connectivity index is 1.51. The van der Waals surface area contributed by atoms with Crippen molar-refractivity contribution >= 4 is 11.4 Å². The number of rotatable bonds is 23. The molecule has 2 N–H and O–H groups in total. The van der Waals surface area contributed by atoms with Gasteiger partial charge in [0.15, 0.2) is 24.8 Å². The van der Waals surface area contributed by atoms with Crippen molar-refractivity contribution in [3.05, 3.63) is 49.1 Å². The predicted molar refractivity (Wildman–Crippen MR) is 165 cm³/mol. The summed E-state index contributed by atoms with van der Waals surface area (Å²) in [6.07, 6.45) is 27.3. The number of unbranched alkanes of at least 4 members (excludes halogenated alkanes) is 7. The third kappa shape index (κ3) is 14.2. The van der Waals surface area contributed by atoms with E-state index in [0.717, 1.165) is 38.0 Å². The Labute approximate surface area is 235 Å². The summed E-state index contributed by atoms with van der Waals surface area (Å²) in [4.78, 5) is 0. The van der Waals surface area contributed by atoms with Gasteiger partial charge in [-0.05, 0) is 37.5 Å². The number of hydrogen-bond donors (Lipinski definition) is 2. The van der Waals surface area contributed by atoms with Crippen molar-refractivity contribution in [1.82, 2.24) is 0 Å². The largest absolute Gasteiger partial charge is 0.384 e. The van der Waals surface area contributed by atoms with Gasteiger partial charge in [-0.2, -0.15) is 0 Å². The minimum Gasteiger partial charge on any atom is -0.384 e. The molecule has 0 aliphatic heterocycles. The van der Waals surface area contributed by atoms with Crippen molar-refractivity contribution < 1.29 is 9.13 Å². The maximum atomic E-state index is 3.64. The van der Waals surface area contributed by atoms with Gasteiger partial charge in [0.2, 0.25) is 0 Å². The van der Waals surface area contributed by atoms with E-state index in [1.165, 1.54) is 101 Å². The lowest BCUT2D eigenvalue weighted by molar-refractivity contribution is -0.697. The zero-order chi connectivity index (χ0) is 27.3. The maximum absolute atomic E-state index is 3.64. The Bertz CT molecular complexity index is 733. The monoisotopic (exact) mass is 524 g/mol. The van der Waals surface area contributed by atoms with Gasteiger partial charge in [0.1, 0.15) is 13.1 Å². The van der Waals surface area contributed by atoms with E-state index in [-0.39, 0.29) is 0 Å². The molecule has 0 fully saturated rings. The second kappa shape index (κ2) is 20.8. The maximum Gasteiger partial charge on any atom is 0.170 e. The average Bonchev–Trinajstić information content (AvgIpc) is 2.96. The van der Waals surface area contributed by atoms with E-state index in [4.69, 9.17) is 0 Å². The summed E-state index contributed by atoms with van der Waals surface area (Å²) >= 11 is 0. The molecular weight excluding hydrogens is 464 g/mol. The van der Waals surface area contributed by atoms with E-state index in [2.05, 4.69) is 96.5 Å². The van der Waals surface area contributed by atoms with Gasteiger partial charge >= 0.3 is 0 Å². The van der Waals surface area contributed by atoms with E-state index < -0.39 is 0 Å². The van der Waals surface area contributed by atoms with Crippen LogP contribution in [0.25, 0.3) is 0 Å². The molecular formula is C34H60N4+2. The van der Waals surface area contributed by atoms with Crippen LogP contribution < -0.4 is 19.8 Å². The molecule has 2 aromatic rings. The first-order valence-corrected chi connectivity index (χ1v) is 16.1. The lowest BCUT2D eigenvalue weighted by Crippen LogP contribution is -2.32. The molecule has 0 radical (unpaired) electrons. The Morgan fingerprint density at radius 2 is 0.895 bits per heavy atom. The summed E-state index contributed by atoms with van der Waals surface area (Å²) in [6.45, 7) is 13.6. The Hall–Kier alpha value is -2.10. The minimum atomic E-state index is 0.794. The molecule has 4 nitrogen and oxygen atoms in total. The van der Waals surface area contributed by atoms with Crippen LogP contribution >= 0.6 is 0 Å². The van der Waals surface area contributed by atoms with E-state index in [9.17, 15) is 0 Å². The molecule has 0 saturated heterocycles. The third-order valence-corrected chi connectivity index (χ3v) is 8.14. The topological polar surface area (TPSA) is 31.8 Å². The average molecular weight is 525 g/mol. The fourth-order valence-corrected chi connectivity index (χ4v) is 5.16. The molecule has 2 heterocycles. The minimum absolute atomic E-state index is 0.794. The van der Waals surface area contributed by atoms with Crippen molar-refractivity contribution in [2.75, 3.05) is 23.7 Å². The number of aryl methyl sites for hydroxylation is 2. The summed E-state index contributed by atoms with van der Waals surface area (Å²) in [7, 11) is 0. The summed E-state index contributed by atoms with van der Waals surface area (Å²) in [5.74, 6) is 1.59. The summed E-state index contributed by atoms with van der Waals surface area (Å²) in [5.41, 5.74) is 2.51. The van der Waals surface area contributed by atoms with Crippen LogP contribution in [0.15, 0.2) is 49.1 Å². The second-order valence-corrected chi connectivity index (χ2v) is 11.4. The van der Waals surface area contributed by atoms with E-state index in [1.54, 1.807) is 0 Å². The molecule has 4 heteroatoms. The molecule has 38 heavy (non-hydrogen) atoms. The molecule has 0 amide bonds. The van der Waals surface area contributed by atoms with Gasteiger partial charge in [-0.15, -0.1) is 0 Å². The molecule has 0 aromatic carbocycles. The van der Waals surface area contributed by atoms with Crippen molar-refractivity contribution in [2.24, 2.45) is 11.8 Å². The molecule has 2 aromatic heterocycles. The van der Waals surface area contributed by atoms with Gasteiger partial charge in [-0.3, -0.25) is 0 Å². The standard InChI is InChI=1S/C34H58N4/c1-5-9-17-31(7-3)29-35-33-19-25-37(26-20-33)23-15-13-11-12-14-16-24-38-27-21-34(22-28-38)36-30-32(8-4)18-10-6-2/h19-22,25-28,31-32H,5-18,23-24,29-30H2,1-4H3/p+2. The number of hydrogen-bond acceptors (Lipinski definition) is 2. The van der Waals surface area contributed by atoms with E-state index >= 15 is 0 Å². The van der Waals surface area contributed by atoms with Crippen molar-refractivity contribution in [3.8, 4) is 0 Å². The molecule has 2 rings (SSSR count). The number of anilines is 2. The first-order valence-electron chi connectivity index (χ1n) is 16.1. The number of nitrogens with zero attached hydrogens (tertiary/aromatic N) is 2. The SMILES string of the molecule is CCCCC(CC)CNc1cc[n+](CCCCCCCC[n+]2ccc(NCC(CC)CCCC)cc2)cc1. The van der Waals surface area contributed by atoms with Crippen LogP contribution in [-0.4, -0.2) is 13.1 Å². The quantitative estimate of drug-likeness (QED) is 0.113. The highest BCUT2D eigenvalue weighted by Crippen LogP contribution is 2.15.